The number of nitrogens with zero attached hydrogens (tertiary/aromatic N) is 1. The SMILES string of the molecule is O=C(N/N=C/c1ccc(Cl)cc1)c1cc(Cl)cc(Cl)c1. The zero-order valence-corrected chi connectivity index (χ0v) is 12.4. The normalized spacial score (nSPS) is 10.8. The van der Waals surface area contributed by atoms with E-state index in [4.69, 9.17) is 34.8 Å². The van der Waals surface area contributed by atoms with E-state index in [0.717, 1.165) is 5.56 Å². The maximum Gasteiger partial charge on any atom is 0.271 e. The van der Waals surface area contributed by atoms with Crippen LogP contribution in [0.3, 0.4) is 0 Å². The summed E-state index contributed by atoms with van der Waals surface area (Å²) in [5.41, 5.74) is 3.56. The molecule has 0 bridgehead atoms. The molecule has 0 spiro atoms. The third-order valence-electron chi connectivity index (χ3n) is 2.37. The van der Waals surface area contributed by atoms with Gasteiger partial charge < -0.3 is 0 Å². The van der Waals surface area contributed by atoms with Gasteiger partial charge in [0.2, 0.25) is 0 Å². The van der Waals surface area contributed by atoms with Gasteiger partial charge in [0.15, 0.2) is 0 Å². The highest BCUT2D eigenvalue weighted by Crippen LogP contribution is 2.18. The number of nitrogens with one attached hydrogen (secondary N) is 1. The Labute approximate surface area is 131 Å². The van der Waals surface area contributed by atoms with Crippen LogP contribution in [0.1, 0.15) is 15.9 Å². The smallest absolute Gasteiger partial charge is 0.267 e. The van der Waals surface area contributed by atoms with E-state index in [0.29, 0.717) is 20.6 Å². The van der Waals surface area contributed by atoms with E-state index in [1.165, 1.54) is 18.3 Å². The van der Waals surface area contributed by atoms with Crippen molar-refractivity contribution in [3.63, 3.8) is 0 Å². The van der Waals surface area contributed by atoms with Crippen molar-refractivity contribution in [2.45, 2.75) is 0 Å². The van der Waals surface area contributed by atoms with Crippen molar-refractivity contribution in [1.82, 2.24) is 5.43 Å². The second kappa shape index (κ2) is 6.75. The maximum absolute atomic E-state index is 11.8. The number of hydrogen-bond acceptors (Lipinski definition) is 2. The third kappa shape index (κ3) is 4.23. The fourth-order valence-corrected chi connectivity index (χ4v) is 2.12. The molecular weight excluding hydrogens is 319 g/mol. The zero-order chi connectivity index (χ0) is 14.5. The molecule has 0 heterocycles. The molecule has 0 aromatic heterocycles. The van der Waals surface area contributed by atoms with Crippen molar-refractivity contribution in [2.75, 3.05) is 0 Å². The topological polar surface area (TPSA) is 41.5 Å². The summed E-state index contributed by atoms with van der Waals surface area (Å²) in [5, 5.41) is 5.28. The minimum Gasteiger partial charge on any atom is -0.267 e. The summed E-state index contributed by atoms with van der Waals surface area (Å²) >= 11 is 17.4. The molecule has 0 atom stereocenters. The summed E-state index contributed by atoms with van der Waals surface area (Å²) in [5.74, 6) is -0.389. The second-order valence-electron chi connectivity index (χ2n) is 3.91. The summed E-state index contributed by atoms with van der Waals surface area (Å²) in [7, 11) is 0. The molecule has 2 aromatic rings. The molecule has 0 aliphatic heterocycles. The van der Waals surface area contributed by atoms with E-state index >= 15 is 0 Å². The number of halogens is 3. The summed E-state index contributed by atoms with van der Waals surface area (Å²) < 4.78 is 0. The lowest BCUT2D eigenvalue weighted by molar-refractivity contribution is 0.0955. The average molecular weight is 328 g/mol. The molecule has 0 aliphatic carbocycles. The Balaban J connectivity index is 2.03. The third-order valence-corrected chi connectivity index (χ3v) is 3.06. The van der Waals surface area contributed by atoms with Crippen LogP contribution in [0.2, 0.25) is 15.1 Å². The highest BCUT2D eigenvalue weighted by atomic mass is 35.5. The molecule has 0 aliphatic rings. The molecule has 102 valence electrons. The lowest BCUT2D eigenvalue weighted by atomic mass is 10.2. The summed E-state index contributed by atoms with van der Waals surface area (Å²) in [6, 6.07) is 11.6. The number of benzene rings is 2. The van der Waals surface area contributed by atoms with Gasteiger partial charge in [-0.2, -0.15) is 5.10 Å². The van der Waals surface area contributed by atoms with Crippen molar-refractivity contribution in [2.24, 2.45) is 5.10 Å². The van der Waals surface area contributed by atoms with E-state index < -0.39 is 0 Å². The Morgan fingerprint density at radius 3 is 2.15 bits per heavy atom. The number of carbonyl (C=O) groups is 1. The molecule has 20 heavy (non-hydrogen) atoms. The lowest BCUT2D eigenvalue weighted by Gasteiger charge is -2.01. The van der Waals surface area contributed by atoms with Gasteiger partial charge in [0.05, 0.1) is 6.21 Å². The summed E-state index contributed by atoms with van der Waals surface area (Å²) in [6.45, 7) is 0. The highest BCUT2D eigenvalue weighted by Gasteiger charge is 2.06. The first-order valence-corrected chi connectivity index (χ1v) is 6.73. The minimum atomic E-state index is -0.389. The quantitative estimate of drug-likeness (QED) is 0.658. The van der Waals surface area contributed by atoms with Crippen molar-refractivity contribution in [3.8, 4) is 0 Å². The Kier molecular flexibility index (Phi) is 5.01. The predicted octanol–water partition coefficient (Wildman–Crippen LogP) is 4.41. The van der Waals surface area contributed by atoms with Crippen LogP contribution in [-0.2, 0) is 0 Å². The van der Waals surface area contributed by atoms with Crippen molar-refractivity contribution >= 4 is 46.9 Å². The van der Waals surface area contributed by atoms with E-state index in [1.54, 1.807) is 30.3 Å². The largest absolute Gasteiger partial charge is 0.271 e. The maximum atomic E-state index is 11.8. The molecule has 0 saturated carbocycles. The molecule has 2 rings (SSSR count). The van der Waals surface area contributed by atoms with Crippen molar-refractivity contribution in [3.05, 3.63) is 68.7 Å². The van der Waals surface area contributed by atoms with Crippen molar-refractivity contribution in [1.29, 1.82) is 0 Å². The Morgan fingerprint density at radius 1 is 0.950 bits per heavy atom. The van der Waals surface area contributed by atoms with E-state index in [2.05, 4.69) is 10.5 Å². The molecule has 6 heteroatoms. The first-order chi connectivity index (χ1) is 9.54. The highest BCUT2D eigenvalue weighted by molar-refractivity contribution is 6.35. The first kappa shape index (κ1) is 14.9. The van der Waals surface area contributed by atoms with Gasteiger partial charge in [-0.15, -0.1) is 0 Å². The van der Waals surface area contributed by atoms with Crippen LogP contribution < -0.4 is 5.43 Å². The Bertz CT molecular complexity index is 634. The number of carbonyl (C=O) groups excluding carboxylic acids is 1. The Hall–Kier alpha value is -1.55. The number of rotatable bonds is 3. The van der Waals surface area contributed by atoms with Crippen molar-refractivity contribution < 1.29 is 4.79 Å². The fourth-order valence-electron chi connectivity index (χ4n) is 1.46. The van der Waals surface area contributed by atoms with E-state index in [9.17, 15) is 4.79 Å². The van der Waals surface area contributed by atoms with Crippen LogP contribution in [0.25, 0.3) is 0 Å². The molecular formula is C14H9Cl3N2O. The Morgan fingerprint density at radius 2 is 1.55 bits per heavy atom. The zero-order valence-electron chi connectivity index (χ0n) is 10.1. The van der Waals surface area contributed by atoms with Gasteiger partial charge >= 0.3 is 0 Å². The van der Waals surface area contributed by atoms with Gasteiger partial charge in [0.1, 0.15) is 0 Å². The lowest BCUT2D eigenvalue weighted by Crippen LogP contribution is -2.17. The molecule has 2 aromatic carbocycles. The van der Waals surface area contributed by atoms with E-state index in [-0.39, 0.29) is 5.91 Å². The fraction of sp³-hybridized carbons (Fsp3) is 0. The van der Waals surface area contributed by atoms with Gasteiger partial charge in [0.25, 0.3) is 5.91 Å². The van der Waals surface area contributed by atoms with Crippen LogP contribution in [0.4, 0.5) is 0 Å². The molecule has 1 N–H and O–H groups in total. The van der Waals surface area contributed by atoms with E-state index in [1.807, 2.05) is 0 Å². The van der Waals surface area contributed by atoms with Gasteiger partial charge in [0, 0.05) is 20.6 Å². The average Bonchev–Trinajstić information content (AvgIpc) is 2.40. The molecule has 0 saturated heterocycles. The molecule has 0 unspecified atom stereocenters. The molecule has 3 nitrogen and oxygen atoms in total. The van der Waals surface area contributed by atoms with Gasteiger partial charge in [-0.05, 0) is 35.9 Å². The molecule has 0 fully saturated rings. The number of hydrogen-bond donors (Lipinski definition) is 1. The summed E-state index contributed by atoms with van der Waals surface area (Å²) in [6.07, 6.45) is 1.51. The number of hydrazone groups is 1. The minimum absolute atomic E-state index is 0.343. The van der Waals surface area contributed by atoms with Crippen LogP contribution in [0.15, 0.2) is 47.6 Å². The van der Waals surface area contributed by atoms with Crippen LogP contribution >= 0.6 is 34.8 Å². The van der Waals surface area contributed by atoms with Crippen LogP contribution in [0, 0.1) is 0 Å². The molecule has 0 radical (unpaired) electrons. The second-order valence-corrected chi connectivity index (χ2v) is 5.22. The monoisotopic (exact) mass is 326 g/mol. The van der Waals surface area contributed by atoms with Gasteiger partial charge in [-0.25, -0.2) is 5.43 Å². The standard InChI is InChI=1S/C14H9Cl3N2O/c15-11-3-1-9(2-4-11)8-18-19-14(20)10-5-12(16)7-13(17)6-10/h1-8H,(H,19,20)/b18-8+. The van der Waals surface area contributed by atoms with Gasteiger partial charge in [-0.3, -0.25) is 4.79 Å². The molecule has 1 amide bonds. The first-order valence-electron chi connectivity index (χ1n) is 5.59. The van der Waals surface area contributed by atoms with Gasteiger partial charge in [-0.1, -0.05) is 46.9 Å². The van der Waals surface area contributed by atoms with Crippen LogP contribution in [0.5, 0.6) is 0 Å². The van der Waals surface area contributed by atoms with Crippen LogP contribution in [-0.4, -0.2) is 12.1 Å². The number of amides is 1. The predicted molar refractivity (Wildman–Crippen MR) is 83.0 cm³/mol. The summed E-state index contributed by atoms with van der Waals surface area (Å²) in [4.78, 5) is 11.8.